The van der Waals surface area contributed by atoms with Gasteiger partial charge in [0.05, 0.1) is 0 Å². The summed E-state index contributed by atoms with van der Waals surface area (Å²) in [5.74, 6) is 2.11. The van der Waals surface area contributed by atoms with Gasteiger partial charge in [0, 0.05) is 24.1 Å². The van der Waals surface area contributed by atoms with Crippen molar-refractivity contribution in [1.82, 2.24) is 25.6 Å². The zero-order valence-electron chi connectivity index (χ0n) is 17.3. The largest absolute Gasteiger partial charge is 0.454 e. The van der Waals surface area contributed by atoms with Crippen LogP contribution < -0.4 is 20.3 Å². The number of amides is 1. The third-order valence-electron chi connectivity index (χ3n) is 4.71. The smallest absolute Gasteiger partial charge is 0.269 e. The van der Waals surface area contributed by atoms with Gasteiger partial charge in [-0.2, -0.15) is 0 Å². The molecular weight excluding hydrogens is 414 g/mol. The fraction of sp³-hybridized carbons (Fsp3) is 0.227. The van der Waals surface area contributed by atoms with Crippen LogP contribution in [-0.4, -0.2) is 27.5 Å². The number of aryl methyl sites for hydroxylation is 1. The molecule has 4 rings (SSSR count). The molecule has 1 aliphatic heterocycles. The number of carbonyl (C=O) groups excluding carboxylic acids is 1. The van der Waals surface area contributed by atoms with E-state index in [9.17, 15) is 4.79 Å². The molecule has 1 aliphatic rings. The number of nitrogens with zero attached hydrogens (tertiary/aromatic N) is 3. The van der Waals surface area contributed by atoms with Crippen LogP contribution in [-0.2, 0) is 19.2 Å². The van der Waals surface area contributed by atoms with Gasteiger partial charge in [-0.25, -0.2) is 0 Å². The Kier molecular flexibility index (Phi) is 6.42. The van der Waals surface area contributed by atoms with E-state index in [2.05, 4.69) is 21.0 Å². The van der Waals surface area contributed by atoms with E-state index < -0.39 is 0 Å². The Labute approximate surface area is 184 Å². The molecule has 2 aromatic carbocycles. The van der Waals surface area contributed by atoms with Crippen molar-refractivity contribution < 1.29 is 14.3 Å². The quantitative estimate of drug-likeness (QED) is 0.413. The summed E-state index contributed by atoms with van der Waals surface area (Å²) >= 11 is 1.60. The van der Waals surface area contributed by atoms with Crippen LogP contribution in [0.2, 0.25) is 0 Å². The summed E-state index contributed by atoms with van der Waals surface area (Å²) in [5, 5.41) is 8.78. The number of nitrogens with one attached hydrogen (secondary N) is 2. The molecule has 0 radical (unpaired) electrons. The van der Waals surface area contributed by atoms with Crippen molar-refractivity contribution in [3.05, 3.63) is 77.3 Å². The van der Waals surface area contributed by atoms with Gasteiger partial charge in [-0.3, -0.25) is 10.2 Å². The number of ether oxygens (including phenoxy) is 2. The number of thioether (sulfide) groups is 1. The molecule has 0 fully saturated rings. The zero-order chi connectivity index (χ0) is 21.6. The lowest BCUT2D eigenvalue weighted by Crippen LogP contribution is -2.36. The topological polar surface area (TPSA) is 90.3 Å². The molecule has 1 aromatic heterocycles. The summed E-state index contributed by atoms with van der Waals surface area (Å²) in [6.45, 7) is 2.17. The molecular formula is C22H23N5O3S. The van der Waals surface area contributed by atoms with Crippen LogP contribution >= 0.6 is 11.8 Å². The van der Waals surface area contributed by atoms with Crippen molar-refractivity contribution in [2.75, 3.05) is 6.79 Å². The molecule has 2 N–H and O–H groups in total. The fourth-order valence-corrected chi connectivity index (χ4v) is 3.76. The molecule has 1 amide bonds. The van der Waals surface area contributed by atoms with Gasteiger partial charge in [-0.05, 0) is 48.7 Å². The van der Waals surface area contributed by atoms with Crippen LogP contribution in [0.25, 0.3) is 0 Å². The zero-order valence-corrected chi connectivity index (χ0v) is 18.1. The molecule has 0 bridgehead atoms. The minimum absolute atomic E-state index is 0.191. The minimum atomic E-state index is -0.191. The molecule has 3 aromatic rings. The Hall–Kier alpha value is -3.46. The molecule has 160 valence electrons. The molecule has 9 heteroatoms. The van der Waals surface area contributed by atoms with Crippen LogP contribution in [0.1, 0.15) is 28.4 Å². The SMILES string of the molecule is C/C(=C/Cc1ccc2c(c1)OCO2)NNC(=O)c1ccc(CSc2nncn2C)cc1. The van der Waals surface area contributed by atoms with Gasteiger partial charge in [-0.1, -0.05) is 36.0 Å². The molecule has 0 spiro atoms. The van der Waals surface area contributed by atoms with Gasteiger partial charge in [0.1, 0.15) is 6.33 Å². The Balaban J connectivity index is 1.25. The first-order valence-corrected chi connectivity index (χ1v) is 10.7. The van der Waals surface area contributed by atoms with E-state index in [1.165, 1.54) is 0 Å². The molecule has 2 heterocycles. The fourth-order valence-electron chi connectivity index (χ4n) is 2.92. The first-order chi connectivity index (χ1) is 15.1. The second-order valence-electron chi connectivity index (χ2n) is 7.07. The maximum absolute atomic E-state index is 12.4. The molecule has 0 aliphatic carbocycles. The number of hydrazine groups is 1. The third kappa shape index (κ3) is 5.37. The summed E-state index contributed by atoms with van der Waals surface area (Å²) in [6.07, 6.45) is 4.39. The maximum atomic E-state index is 12.4. The number of allylic oxidation sites excluding steroid dienone is 2. The lowest BCUT2D eigenvalue weighted by molar-refractivity contribution is 0.0939. The predicted molar refractivity (Wildman–Crippen MR) is 118 cm³/mol. The molecule has 31 heavy (non-hydrogen) atoms. The first kappa shape index (κ1) is 20.8. The number of benzene rings is 2. The molecule has 0 saturated heterocycles. The number of aromatic nitrogens is 3. The molecule has 0 unspecified atom stereocenters. The summed E-state index contributed by atoms with van der Waals surface area (Å²) < 4.78 is 12.6. The Morgan fingerprint density at radius 3 is 2.68 bits per heavy atom. The van der Waals surface area contributed by atoms with Crippen molar-refractivity contribution in [3.63, 3.8) is 0 Å². The highest BCUT2D eigenvalue weighted by atomic mass is 32.2. The van der Waals surface area contributed by atoms with E-state index >= 15 is 0 Å². The van der Waals surface area contributed by atoms with E-state index in [1.807, 2.05) is 67.1 Å². The van der Waals surface area contributed by atoms with Crippen molar-refractivity contribution >= 4 is 17.7 Å². The van der Waals surface area contributed by atoms with Gasteiger partial charge in [-0.15, -0.1) is 10.2 Å². The highest BCUT2D eigenvalue weighted by Gasteiger charge is 2.12. The molecule has 8 nitrogen and oxygen atoms in total. The van der Waals surface area contributed by atoms with Gasteiger partial charge in [0.25, 0.3) is 5.91 Å². The summed E-state index contributed by atoms with van der Waals surface area (Å²) in [4.78, 5) is 12.4. The Morgan fingerprint density at radius 2 is 1.90 bits per heavy atom. The van der Waals surface area contributed by atoms with Crippen LogP contribution in [0.3, 0.4) is 0 Å². The van der Waals surface area contributed by atoms with E-state index in [4.69, 9.17) is 9.47 Å². The number of fused-ring (bicyclic) bond motifs is 1. The van der Waals surface area contributed by atoms with Crippen LogP contribution in [0.4, 0.5) is 0 Å². The van der Waals surface area contributed by atoms with Gasteiger partial charge in [0.15, 0.2) is 16.7 Å². The van der Waals surface area contributed by atoms with Crippen LogP contribution in [0, 0.1) is 0 Å². The van der Waals surface area contributed by atoms with Crippen molar-refractivity contribution in [2.45, 2.75) is 24.3 Å². The van der Waals surface area contributed by atoms with Gasteiger partial charge >= 0.3 is 0 Å². The van der Waals surface area contributed by atoms with E-state index in [0.717, 1.165) is 39.2 Å². The normalized spacial score (nSPS) is 12.6. The van der Waals surface area contributed by atoms with Crippen molar-refractivity contribution in [1.29, 1.82) is 0 Å². The second kappa shape index (κ2) is 9.57. The van der Waals surface area contributed by atoms with Crippen molar-refractivity contribution in [3.8, 4) is 11.5 Å². The number of rotatable bonds is 8. The second-order valence-corrected chi connectivity index (χ2v) is 8.01. The van der Waals surface area contributed by atoms with Crippen LogP contribution in [0.5, 0.6) is 11.5 Å². The Morgan fingerprint density at radius 1 is 1.13 bits per heavy atom. The number of carbonyl (C=O) groups is 1. The number of hydrogen-bond acceptors (Lipinski definition) is 7. The monoisotopic (exact) mass is 437 g/mol. The standard InChI is InChI=1S/C22H23N5O3S/c1-15(3-4-16-7-10-19-20(11-16)30-14-29-19)24-25-21(28)18-8-5-17(6-9-18)12-31-22-26-23-13-27(22)2/h3,5-11,13,24H,4,12,14H2,1-2H3,(H,25,28)/b15-3-. The average Bonchev–Trinajstić information content (AvgIpc) is 3.43. The summed E-state index contributed by atoms with van der Waals surface area (Å²) in [5.41, 5.74) is 9.33. The lowest BCUT2D eigenvalue weighted by atomic mass is 10.1. The van der Waals surface area contributed by atoms with Gasteiger partial charge in [0.2, 0.25) is 6.79 Å². The summed E-state index contributed by atoms with van der Waals surface area (Å²) in [7, 11) is 1.91. The molecule has 0 saturated carbocycles. The highest BCUT2D eigenvalue weighted by molar-refractivity contribution is 7.98. The van der Waals surface area contributed by atoms with Crippen LogP contribution in [0.15, 0.2) is 65.7 Å². The third-order valence-corrected chi connectivity index (χ3v) is 5.81. The van der Waals surface area contributed by atoms with E-state index in [1.54, 1.807) is 18.1 Å². The average molecular weight is 438 g/mol. The lowest BCUT2D eigenvalue weighted by Gasteiger charge is -2.10. The number of hydrogen-bond donors (Lipinski definition) is 2. The maximum Gasteiger partial charge on any atom is 0.269 e. The first-order valence-electron chi connectivity index (χ1n) is 9.76. The van der Waals surface area contributed by atoms with Crippen molar-refractivity contribution in [2.24, 2.45) is 7.05 Å². The van der Waals surface area contributed by atoms with E-state index in [0.29, 0.717) is 12.0 Å². The highest BCUT2D eigenvalue weighted by Crippen LogP contribution is 2.32. The Bertz CT molecular complexity index is 1090. The summed E-state index contributed by atoms with van der Waals surface area (Å²) in [6, 6.07) is 13.4. The van der Waals surface area contributed by atoms with Gasteiger partial charge < -0.3 is 19.5 Å². The predicted octanol–water partition coefficient (Wildman–Crippen LogP) is 3.22. The minimum Gasteiger partial charge on any atom is -0.454 e. The van der Waals surface area contributed by atoms with E-state index in [-0.39, 0.29) is 12.7 Å². The molecule has 0 atom stereocenters.